The molecule has 0 bridgehead atoms. The lowest BCUT2D eigenvalue weighted by Gasteiger charge is -2.08. The van der Waals surface area contributed by atoms with E-state index in [9.17, 15) is 0 Å². The Kier molecular flexibility index (Phi) is 5.60. The summed E-state index contributed by atoms with van der Waals surface area (Å²) >= 11 is 0. The highest BCUT2D eigenvalue weighted by Gasteiger charge is 2.15. The third kappa shape index (κ3) is 3.48. The highest BCUT2D eigenvalue weighted by atomic mass is 16.5. The SMILES string of the molecule is CCCCc1cn(CCC)nc1-c1cc(C#N)ccc1OC. The summed E-state index contributed by atoms with van der Waals surface area (Å²) in [4.78, 5) is 0. The van der Waals surface area contributed by atoms with Gasteiger partial charge in [0.1, 0.15) is 5.75 Å². The summed E-state index contributed by atoms with van der Waals surface area (Å²) in [5.41, 5.74) is 3.70. The van der Waals surface area contributed by atoms with Crippen molar-refractivity contribution in [3.63, 3.8) is 0 Å². The normalized spacial score (nSPS) is 10.5. The molecule has 22 heavy (non-hydrogen) atoms. The maximum Gasteiger partial charge on any atom is 0.128 e. The van der Waals surface area contributed by atoms with Crippen LogP contribution in [0, 0.1) is 11.3 Å². The Morgan fingerprint density at radius 1 is 1.27 bits per heavy atom. The molecule has 0 spiro atoms. The van der Waals surface area contributed by atoms with Gasteiger partial charge in [-0.1, -0.05) is 20.3 Å². The third-order valence-corrected chi connectivity index (χ3v) is 3.67. The fraction of sp³-hybridized carbons (Fsp3) is 0.444. The van der Waals surface area contributed by atoms with Gasteiger partial charge in [-0.3, -0.25) is 4.68 Å². The molecule has 0 saturated carbocycles. The molecule has 4 heteroatoms. The minimum Gasteiger partial charge on any atom is -0.496 e. The molecule has 116 valence electrons. The van der Waals surface area contributed by atoms with Crippen LogP contribution in [0.15, 0.2) is 24.4 Å². The highest BCUT2D eigenvalue weighted by molar-refractivity contribution is 5.71. The zero-order valence-electron chi connectivity index (χ0n) is 13.6. The van der Waals surface area contributed by atoms with Crippen LogP contribution < -0.4 is 4.74 Å². The largest absolute Gasteiger partial charge is 0.496 e. The van der Waals surface area contributed by atoms with E-state index in [1.165, 1.54) is 5.56 Å². The van der Waals surface area contributed by atoms with E-state index in [0.717, 1.165) is 49.2 Å². The van der Waals surface area contributed by atoms with Crippen molar-refractivity contribution in [2.24, 2.45) is 0 Å². The molecule has 2 aromatic rings. The quantitative estimate of drug-likeness (QED) is 0.770. The number of hydrogen-bond acceptors (Lipinski definition) is 3. The smallest absolute Gasteiger partial charge is 0.128 e. The van der Waals surface area contributed by atoms with Crippen molar-refractivity contribution in [1.82, 2.24) is 9.78 Å². The fourth-order valence-corrected chi connectivity index (χ4v) is 2.55. The zero-order chi connectivity index (χ0) is 15.9. The summed E-state index contributed by atoms with van der Waals surface area (Å²) in [7, 11) is 1.65. The molecular formula is C18H23N3O. The number of nitriles is 1. The number of ether oxygens (including phenoxy) is 1. The Labute approximate surface area is 132 Å². The van der Waals surface area contributed by atoms with Crippen molar-refractivity contribution in [3.05, 3.63) is 35.5 Å². The maximum absolute atomic E-state index is 9.16. The van der Waals surface area contributed by atoms with E-state index in [1.54, 1.807) is 13.2 Å². The van der Waals surface area contributed by atoms with Crippen LogP contribution >= 0.6 is 0 Å². The molecule has 0 fully saturated rings. The minimum absolute atomic E-state index is 0.627. The lowest BCUT2D eigenvalue weighted by atomic mass is 10.0. The molecule has 1 aromatic heterocycles. The Hall–Kier alpha value is -2.28. The Morgan fingerprint density at radius 2 is 2.09 bits per heavy atom. The molecule has 0 unspecified atom stereocenters. The molecular weight excluding hydrogens is 274 g/mol. The first-order valence-corrected chi connectivity index (χ1v) is 7.88. The maximum atomic E-state index is 9.16. The van der Waals surface area contributed by atoms with Crippen LogP contribution in [-0.4, -0.2) is 16.9 Å². The third-order valence-electron chi connectivity index (χ3n) is 3.67. The topological polar surface area (TPSA) is 50.8 Å². The van der Waals surface area contributed by atoms with Gasteiger partial charge in [-0.25, -0.2) is 0 Å². The lowest BCUT2D eigenvalue weighted by molar-refractivity contribution is 0.416. The van der Waals surface area contributed by atoms with Gasteiger partial charge in [0.25, 0.3) is 0 Å². The number of aromatic nitrogens is 2. The summed E-state index contributed by atoms with van der Waals surface area (Å²) in [5, 5.41) is 13.9. The van der Waals surface area contributed by atoms with E-state index in [4.69, 9.17) is 15.1 Å². The number of methoxy groups -OCH3 is 1. The second-order valence-corrected chi connectivity index (χ2v) is 5.40. The van der Waals surface area contributed by atoms with Gasteiger partial charge in [0.05, 0.1) is 24.4 Å². The molecule has 0 radical (unpaired) electrons. The first-order valence-electron chi connectivity index (χ1n) is 7.88. The van der Waals surface area contributed by atoms with Gasteiger partial charge in [-0.2, -0.15) is 10.4 Å². The number of benzene rings is 1. The van der Waals surface area contributed by atoms with E-state index in [-0.39, 0.29) is 0 Å². The molecule has 1 aromatic carbocycles. The summed E-state index contributed by atoms with van der Waals surface area (Å²) in [6.45, 7) is 5.23. The molecule has 0 aliphatic heterocycles. The van der Waals surface area contributed by atoms with Gasteiger partial charge < -0.3 is 4.74 Å². The second kappa shape index (κ2) is 7.65. The number of unbranched alkanes of at least 4 members (excludes halogenated alkanes) is 1. The summed E-state index contributed by atoms with van der Waals surface area (Å²) in [6.07, 6.45) is 6.45. The first-order chi connectivity index (χ1) is 10.7. The molecule has 0 aliphatic carbocycles. The summed E-state index contributed by atoms with van der Waals surface area (Å²) in [6, 6.07) is 7.68. The van der Waals surface area contributed by atoms with Crippen LogP contribution in [0.4, 0.5) is 0 Å². The molecule has 0 aliphatic rings. The first kappa shape index (κ1) is 16.1. The summed E-state index contributed by atoms with van der Waals surface area (Å²) < 4.78 is 7.47. The van der Waals surface area contributed by atoms with Gasteiger partial charge in [0.15, 0.2) is 0 Å². The fourth-order valence-electron chi connectivity index (χ4n) is 2.55. The average Bonchev–Trinajstić information content (AvgIpc) is 2.95. The van der Waals surface area contributed by atoms with Crippen molar-refractivity contribution in [1.29, 1.82) is 5.26 Å². The van der Waals surface area contributed by atoms with Crippen LogP contribution in [0.5, 0.6) is 5.75 Å². The molecule has 0 saturated heterocycles. The van der Waals surface area contributed by atoms with E-state index in [1.807, 2.05) is 16.8 Å². The molecule has 0 N–H and O–H groups in total. The molecule has 4 nitrogen and oxygen atoms in total. The van der Waals surface area contributed by atoms with E-state index in [2.05, 4.69) is 26.1 Å². The molecule has 0 amide bonds. The van der Waals surface area contributed by atoms with E-state index >= 15 is 0 Å². The summed E-state index contributed by atoms with van der Waals surface area (Å²) in [5.74, 6) is 0.762. The average molecular weight is 297 g/mol. The van der Waals surface area contributed by atoms with Crippen molar-refractivity contribution >= 4 is 0 Å². The predicted octanol–water partition coefficient (Wildman–Crippen LogP) is 4.18. The van der Waals surface area contributed by atoms with E-state index < -0.39 is 0 Å². The molecule has 1 heterocycles. The van der Waals surface area contributed by atoms with Gasteiger partial charge in [-0.15, -0.1) is 0 Å². The van der Waals surface area contributed by atoms with Gasteiger partial charge in [0, 0.05) is 18.3 Å². The van der Waals surface area contributed by atoms with E-state index in [0.29, 0.717) is 5.56 Å². The van der Waals surface area contributed by atoms with Gasteiger partial charge in [-0.05, 0) is 43.0 Å². The number of aryl methyl sites for hydroxylation is 2. The lowest BCUT2D eigenvalue weighted by Crippen LogP contribution is -1.97. The Balaban J connectivity index is 2.51. The van der Waals surface area contributed by atoms with Crippen LogP contribution in [-0.2, 0) is 13.0 Å². The Bertz CT molecular complexity index is 667. The van der Waals surface area contributed by atoms with Gasteiger partial charge >= 0.3 is 0 Å². The highest BCUT2D eigenvalue weighted by Crippen LogP contribution is 2.33. The van der Waals surface area contributed by atoms with Crippen molar-refractivity contribution in [3.8, 4) is 23.1 Å². The van der Waals surface area contributed by atoms with Crippen LogP contribution in [0.1, 0.15) is 44.2 Å². The number of hydrogen-bond donors (Lipinski definition) is 0. The Morgan fingerprint density at radius 3 is 2.73 bits per heavy atom. The minimum atomic E-state index is 0.627. The second-order valence-electron chi connectivity index (χ2n) is 5.40. The van der Waals surface area contributed by atoms with Crippen LogP contribution in [0.3, 0.4) is 0 Å². The number of rotatable bonds is 7. The predicted molar refractivity (Wildman–Crippen MR) is 87.8 cm³/mol. The van der Waals surface area contributed by atoms with Crippen LogP contribution in [0.2, 0.25) is 0 Å². The van der Waals surface area contributed by atoms with Gasteiger partial charge in [0.2, 0.25) is 0 Å². The van der Waals surface area contributed by atoms with Crippen LogP contribution in [0.25, 0.3) is 11.3 Å². The monoisotopic (exact) mass is 297 g/mol. The van der Waals surface area contributed by atoms with Crippen molar-refractivity contribution < 1.29 is 4.74 Å². The molecule has 0 atom stereocenters. The standard InChI is InChI=1S/C18H23N3O/c1-4-6-7-15-13-21(10-5-2)20-18(15)16-11-14(12-19)8-9-17(16)22-3/h8-9,11,13H,4-7,10H2,1-3H3. The molecule has 2 rings (SSSR count). The van der Waals surface area contributed by atoms with Crippen molar-refractivity contribution in [2.45, 2.75) is 46.1 Å². The number of nitrogens with zero attached hydrogens (tertiary/aromatic N) is 3. The zero-order valence-corrected chi connectivity index (χ0v) is 13.6. The van der Waals surface area contributed by atoms with Crippen molar-refractivity contribution in [2.75, 3.05) is 7.11 Å².